The second-order valence-corrected chi connectivity index (χ2v) is 6.40. The molecular formula is C12H14N2OTe. The Kier molecular flexibility index (Phi) is 6.03. The van der Waals surface area contributed by atoms with Crippen LogP contribution in [0, 0.1) is 0 Å². The summed E-state index contributed by atoms with van der Waals surface area (Å²) in [5, 5.41) is 0. The molecule has 0 spiro atoms. The summed E-state index contributed by atoms with van der Waals surface area (Å²) in [6.07, 6.45) is 2.21. The van der Waals surface area contributed by atoms with E-state index in [-0.39, 0.29) is 5.78 Å². The second-order valence-electron chi connectivity index (χ2n) is 3.30. The van der Waals surface area contributed by atoms with Crippen molar-refractivity contribution in [3.63, 3.8) is 0 Å². The van der Waals surface area contributed by atoms with E-state index in [4.69, 9.17) is 5.53 Å². The number of carbonyl (C=O) groups excluding carboxylic acids is 1. The molecule has 0 N–H and O–H groups in total. The summed E-state index contributed by atoms with van der Waals surface area (Å²) in [6, 6.07) is 8.99. The molecule has 0 bridgehead atoms. The zero-order valence-electron chi connectivity index (χ0n) is 9.22. The van der Waals surface area contributed by atoms with Crippen LogP contribution < -0.4 is 0 Å². The number of carbonyl (C=O) groups is 1. The van der Waals surface area contributed by atoms with Crippen molar-refractivity contribution in [3.05, 3.63) is 41.4 Å². The van der Waals surface area contributed by atoms with Crippen LogP contribution in [-0.2, 0) is 0 Å². The van der Waals surface area contributed by atoms with Crippen LogP contribution in [0.3, 0.4) is 0 Å². The van der Waals surface area contributed by atoms with Crippen molar-refractivity contribution >= 4 is 30.5 Å². The normalized spacial score (nSPS) is 9.56. The first-order valence-corrected chi connectivity index (χ1v) is 8.05. The zero-order valence-corrected chi connectivity index (χ0v) is 11.5. The van der Waals surface area contributed by atoms with Crippen LogP contribution in [0.25, 0.3) is 5.53 Å². The number of benzene rings is 1. The van der Waals surface area contributed by atoms with Gasteiger partial charge in [0.05, 0.1) is 0 Å². The van der Waals surface area contributed by atoms with Crippen LogP contribution in [0.5, 0.6) is 0 Å². The van der Waals surface area contributed by atoms with Gasteiger partial charge < -0.3 is 0 Å². The molecule has 0 saturated heterocycles. The van der Waals surface area contributed by atoms with E-state index in [1.165, 1.54) is 0 Å². The van der Waals surface area contributed by atoms with Gasteiger partial charge >= 0.3 is 106 Å². The van der Waals surface area contributed by atoms with E-state index in [0.717, 1.165) is 17.3 Å². The van der Waals surface area contributed by atoms with E-state index >= 15 is 0 Å². The zero-order chi connectivity index (χ0) is 11.8. The summed E-state index contributed by atoms with van der Waals surface area (Å²) in [7, 11) is 0. The quantitative estimate of drug-likeness (QED) is 0.197. The molecule has 0 aliphatic carbocycles. The van der Waals surface area contributed by atoms with Gasteiger partial charge in [-0.25, -0.2) is 0 Å². The molecule has 84 valence electrons. The fourth-order valence-corrected chi connectivity index (χ4v) is 3.83. The van der Waals surface area contributed by atoms with Crippen molar-refractivity contribution in [2.24, 2.45) is 0 Å². The average Bonchev–Trinajstić information content (AvgIpc) is 2.35. The molecule has 1 aromatic rings. The summed E-state index contributed by atoms with van der Waals surface area (Å²) in [4.78, 5) is 15.1. The van der Waals surface area contributed by atoms with Crippen LogP contribution in [0.2, 0.25) is 4.47 Å². The topological polar surface area (TPSA) is 53.5 Å². The van der Waals surface area contributed by atoms with Crippen molar-refractivity contribution < 1.29 is 9.58 Å². The number of rotatable bonds is 6. The van der Waals surface area contributed by atoms with Crippen molar-refractivity contribution in [1.82, 2.24) is 0 Å². The number of hydrogen-bond acceptors (Lipinski definition) is 1. The van der Waals surface area contributed by atoms with Gasteiger partial charge in [0.1, 0.15) is 0 Å². The molecule has 4 heteroatoms. The van der Waals surface area contributed by atoms with Crippen LogP contribution in [0.15, 0.2) is 30.3 Å². The predicted octanol–water partition coefficient (Wildman–Crippen LogP) is 2.42. The van der Waals surface area contributed by atoms with Gasteiger partial charge in [-0.05, 0) is 0 Å². The van der Waals surface area contributed by atoms with Gasteiger partial charge in [0.25, 0.3) is 0 Å². The number of ketones is 1. The Labute approximate surface area is 106 Å². The fraction of sp³-hybridized carbons (Fsp3) is 0.333. The maximum atomic E-state index is 11.9. The Bertz CT molecular complexity index is 397. The first-order valence-electron chi connectivity index (χ1n) is 5.24. The molecule has 0 amide bonds. The van der Waals surface area contributed by atoms with Crippen LogP contribution >= 0.6 is 0 Å². The van der Waals surface area contributed by atoms with Crippen molar-refractivity contribution in [1.29, 1.82) is 0 Å². The van der Waals surface area contributed by atoms with E-state index in [2.05, 4.69) is 11.7 Å². The molecular weight excluding hydrogens is 316 g/mol. The van der Waals surface area contributed by atoms with Crippen molar-refractivity contribution in [2.45, 2.75) is 24.2 Å². The van der Waals surface area contributed by atoms with Crippen molar-refractivity contribution in [3.8, 4) is 0 Å². The van der Waals surface area contributed by atoms with Crippen molar-refractivity contribution in [2.75, 3.05) is 0 Å². The first-order chi connectivity index (χ1) is 7.79. The summed E-state index contributed by atoms with van der Waals surface area (Å²) in [6.45, 7) is 2.11. The van der Waals surface area contributed by atoms with E-state index in [1.807, 2.05) is 18.2 Å². The fourth-order valence-electron chi connectivity index (χ4n) is 1.17. The van der Waals surface area contributed by atoms with Gasteiger partial charge in [0, 0.05) is 0 Å². The third-order valence-electron chi connectivity index (χ3n) is 2.06. The Morgan fingerprint density at radius 1 is 1.38 bits per heavy atom. The van der Waals surface area contributed by atoms with E-state index in [1.54, 1.807) is 12.1 Å². The predicted molar refractivity (Wildman–Crippen MR) is 64.9 cm³/mol. The van der Waals surface area contributed by atoms with Crippen LogP contribution in [0.4, 0.5) is 0 Å². The Morgan fingerprint density at radius 3 is 2.62 bits per heavy atom. The molecule has 0 atom stereocenters. The molecule has 3 nitrogen and oxygen atoms in total. The molecule has 1 rings (SSSR count). The molecule has 0 aliphatic rings. The summed E-state index contributed by atoms with van der Waals surface area (Å²) in [5.41, 5.74) is 9.46. The van der Waals surface area contributed by atoms with Gasteiger partial charge in [-0.15, -0.1) is 0 Å². The Hall–Kier alpha value is -0.940. The number of nitrogens with zero attached hydrogens (tertiary/aromatic N) is 2. The third-order valence-corrected chi connectivity index (χ3v) is 5.01. The van der Waals surface area contributed by atoms with E-state index in [0.29, 0.717) is 9.32 Å². The molecule has 0 unspecified atom stereocenters. The van der Waals surface area contributed by atoms with Crippen LogP contribution in [0.1, 0.15) is 30.1 Å². The standard InChI is InChI=1S/C12H14N2OTe/c1-2-3-9-16-12(14-13)11(15)10-7-5-4-6-8-10/h4-8H,2-3,9H2,1H3. The van der Waals surface area contributed by atoms with Gasteiger partial charge in [-0.1, -0.05) is 0 Å². The molecule has 16 heavy (non-hydrogen) atoms. The number of Topliss-reactive ketones (excluding diaryl/α,β-unsaturated/α-hetero) is 1. The molecule has 0 aliphatic heterocycles. The molecule has 0 aromatic heterocycles. The molecule has 0 fully saturated rings. The van der Waals surface area contributed by atoms with Crippen LogP contribution in [-0.4, -0.2) is 35.3 Å². The monoisotopic (exact) mass is 332 g/mol. The Balaban J connectivity index is 2.68. The molecule has 0 radical (unpaired) electrons. The minimum absolute atomic E-state index is 0.124. The molecule has 1 aromatic carbocycles. The third kappa shape index (κ3) is 3.90. The van der Waals surface area contributed by atoms with E-state index < -0.39 is 20.9 Å². The number of hydrogen-bond donors (Lipinski definition) is 0. The van der Waals surface area contributed by atoms with E-state index in [9.17, 15) is 4.79 Å². The average molecular weight is 330 g/mol. The summed E-state index contributed by atoms with van der Waals surface area (Å²) in [5.74, 6) is -0.124. The Morgan fingerprint density at radius 2 is 2.06 bits per heavy atom. The molecule has 0 saturated carbocycles. The van der Waals surface area contributed by atoms with Gasteiger partial charge in [0.15, 0.2) is 0 Å². The number of unbranched alkanes of at least 4 members (excludes halogenated alkanes) is 1. The van der Waals surface area contributed by atoms with Gasteiger partial charge in [-0.3, -0.25) is 0 Å². The SMILES string of the molecule is CCCC[Te]C(=[N+]=[N-])C(=O)c1ccccc1. The maximum absolute atomic E-state index is 11.9. The second kappa shape index (κ2) is 7.35. The minimum atomic E-state index is -0.645. The summed E-state index contributed by atoms with van der Waals surface area (Å²) >= 11 is -0.645. The van der Waals surface area contributed by atoms with Gasteiger partial charge in [-0.2, -0.15) is 0 Å². The van der Waals surface area contributed by atoms with Gasteiger partial charge in [0.2, 0.25) is 0 Å². The first kappa shape index (κ1) is 13.1. The molecule has 0 heterocycles. The summed E-state index contributed by atoms with van der Waals surface area (Å²) < 4.78 is 1.39.